The minimum Gasteiger partial charge on any atom is -0.427 e. The molecule has 66 heavy (non-hydrogen) atoms. The molecule has 0 heterocycles. The van der Waals surface area contributed by atoms with Crippen LogP contribution < -0.4 is 21.7 Å². The van der Waals surface area contributed by atoms with Gasteiger partial charge in [0.1, 0.15) is 6.04 Å². The minimum absolute atomic E-state index is 0.0842. The summed E-state index contributed by atoms with van der Waals surface area (Å²) in [6.45, 7) is 17.3. The number of hydrogen-bond donors (Lipinski definition) is 6. The van der Waals surface area contributed by atoms with Crippen molar-refractivity contribution in [3.63, 3.8) is 0 Å². The molecule has 0 aromatic heterocycles. The quantitative estimate of drug-likeness (QED) is 0.0483. The summed E-state index contributed by atoms with van der Waals surface area (Å²) in [4.78, 5) is 105. The Morgan fingerprint density at radius 1 is 0.697 bits per heavy atom. The zero-order valence-corrected chi connectivity index (χ0v) is 40.5. The van der Waals surface area contributed by atoms with Gasteiger partial charge in [0.2, 0.25) is 23.6 Å². The summed E-state index contributed by atoms with van der Waals surface area (Å²) in [6.07, 6.45) is -0.0964. The number of hydrogen-bond acceptors (Lipinski definition) is 12. The second-order valence-corrected chi connectivity index (χ2v) is 19.1. The van der Waals surface area contributed by atoms with Crippen LogP contribution in [-0.4, -0.2) is 106 Å². The first-order valence-electron chi connectivity index (χ1n) is 22.9. The van der Waals surface area contributed by atoms with Gasteiger partial charge in [-0.05, 0) is 91.2 Å². The van der Waals surface area contributed by atoms with Crippen LogP contribution in [0.25, 0.3) is 11.1 Å². The predicted molar refractivity (Wildman–Crippen MR) is 252 cm³/mol. The summed E-state index contributed by atoms with van der Waals surface area (Å²) >= 11 is 0. The first kappa shape index (κ1) is 57.0. The van der Waals surface area contributed by atoms with Crippen molar-refractivity contribution in [1.29, 1.82) is 0 Å². The second-order valence-electron chi connectivity index (χ2n) is 19.1. The number of aryl methyl sites for hydroxylation is 1. The van der Waals surface area contributed by atoms with Crippen molar-refractivity contribution in [2.45, 2.75) is 169 Å². The van der Waals surface area contributed by atoms with Gasteiger partial charge in [0.25, 0.3) is 0 Å². The van der Waals surface area contributed by atoms with Gasteiger partial charge in [0.05, 0.1) is 48.3 Å². The fourth-order valence-electron chi connectivity index (χ4n) is 6.94. The van der Waals surface area contributed by atoms with E-state index in [0.29, 0.717) is 5.56 Å². The molecule has 0 aliphatic carbocycles. The van der Waals surface area contributed by atoms with Gasteiger partial charge in [-0.3, -0.25) is 38.4 Å². The number of unbranched alkanes of at least 4 members (excludes halogenated alkanes) is 1. The Hall–Kier alpha value is -5.10. The SMILES string of the molecule is CCCCc1ccc(-c2ccc(C(=O)C[C@H](COC(C)(C)C)C(=O)N[C@H](C)C(=O)CCC(=O)N[C@H](C(=O)C[C@@H](C)C(=O)N[C@@H](CC(N)=O)C(=O)CCB(O)O)C(C)OC(C)(C)C)cc2)cc1. The zero-order chi connectivity index (χ0) is 49.9. The molecule has 6 atom stereocenters. The number of rotatable bonds is 29. The number of carbonyl (C=O) groups excluding carboxylic acids is 8. The van der Waals surface area contributed by atoms with Crippen molar-refractivity contribution < 1.29 is 57.9 Å². The summed E-state index contributed by atoms with van der Waals surface area (Å²) in [6, 6.07) is 11.9. The first-order chi connectivity index (χ1) is 30.7. The lowest BCUT2D eigenvalue weighted by atomic mass is 9.82. The molecule has 0 saturated heterocycles. The van der Waals surface area contributed by atoms with Gasteiger partial charge in [0.15, 0.2) is 23.1 Å². The van der Waals surface area contributed by atoms with Gasteiger partial charge in [-0.1, -0.05) is 68.8 Å². The molecule has 4 amide bonds. The van der Waals surface area contributed by atoms with E-state index in [1.54, 1.807) is 39.8 Å². The van der Waals surface area contributed by atoms with E-state index < -0.39 is 108 Å². The molecule has 2 rings (SSSR count). The Morgan fingerprint density at radius 2 is 1.29 bits per heavy atom. The molecule has 2 aromatic rings. The fourth-order valence-corrected chi connectivity index (χ4v) is 6.94. The van der Waals surface area contributed by atoms with Crippen molar-refractivity contribution in [3.05, 3.63) is 59.7 Å². The van der Waals surface area contributed by atoms with Crippen LogP contribution >= 0.6 is 0 Å². The molecule has 0 fully saturated rings. The predicted octanol–water partition coefficient (Wildman–Crippen LogP) is 4.63. The molecule has 2 aromatic carbocycles. The molecule has 0 radical (unpaired) electrons. The molecule has 16 nitrogen and oxygen atoms in total. The van der Waals surface area contributed by atoms with Gasteiger partial charge < -0.3 is 41.2 Å². The van der Waals surface area contributed by atoms with E-state index in [-0.39, 0.29) is 44.4 Å². The van der Waals surface area contributed by atoms with Crippen LogP contribution in [0.1, 0.15) is 137 Å². The van der Waals surface area contributed by atoms with Crippen molar-refractivity contribution in [1.82, 2.24) is 16.0 Å². The van der Waals surface area contributed by atoms with Crippen molar-refractivity contribution >= 4 is 53.9 Å². The number of Topliss-reactive ketones (excluding diaryl/α,β-unsaturated/α-hetero) is 4. The highest BCUT2D eigenvalue weighted by Crippen LogP contribution is 2.23. The monoisotopic (exact) mass is 921 g/mol. The maximum atomic E-state index is 13.7. The lowest BCUT2D eigenvalue weighted by Gasteiger charge is -2.31. The summed E-state index contributed by atoms with van der Waals surface area (Å²) in [5.41, 5.74) is 7.57. The van der Waals surface area contributed by atoms with Crippen molar-refractivity contribution in [2.75, 3.05) is 6.61 Å². The summed E-state index contributed by atoms with van der Waals surface area (Å²) in [5, 5.41) is 26.0. The molecule has 364 valence electrons. The van der Waals surface area contributed by atoms with Gasteiger partial charge in [0, 0.05) is 43.6 Å². The summed E-state index contributed by atoms with van der Waals surface area (Å²) in [5.74, 6) is -6.84. The third-order valence-corrected chi connectivity index (χ3v) is 10.7. The topological polar surface area (TPSA) is 258 Å². The molecule has 0 bridgehead atoms. The van der Waals surface area contributed by atoms with E-state index in [1.807, 2.05) is 32.9 Å². The summed E-state index contributed by atoms with van der Waals surface area (Å²) in [7, 11) is -1.78. The van der Waals surface area contributed by atoms with Gasteiger partial charge >= 0.3 is 7.12 Å². The summed E-state index contributed by atoms with van der Waals surface area (Å²) < 4.78 is 11.9. The Labute approximate surface area is 390 Å². The van der Waals surface area contributed by atoms with Crippen LogP contribution in [0.4, 0.5) is 0 Å². The van der Waals surface area contributed by atoms with Crippen LogP contribution in [0.15, 0.2) is 48.5 Å². The smallest absolute Gasteiger partial charge is 0.427 e. The van der Waals surface area contributed by atoms with Crippen LogP contribution in [0, 0.1) is 11.8 Å². The molecule has 17 heteroatoms. The third-order valence-electron chi connectivity index (χ3n) is 10.7. The average Bonchev–Trinajstić information content (AvgIpc) is 3.22. The second kappa shape index (κ2) is 26.9. The average molecular weight is 921 g/mol. The first-order valence-corrected chi connectivity index (χ1v) is 22.9. The molecule has 7 N–H and O–H groups in total. The molecule has 0 spiro atoms. The maximum absolute atomic E-state index is 13.7. The highest BCUT2D eigenvalue weighted by atomic mass is 16.5. The van der Waals surface area contributed by atoms with E-state index in [2.05, 4.69) is 47.1 Å². The Bertz CT molecular complexity index is 1960. The Kier molecular flexibility index (Phi) is 23.2. The highest BCUT2D eigenvalue weighted by molar-refractivity contribution is 6.41. The largest absolute Gasteiger partial charge is 0.451 e. The van der Waals surface area contributed by atoms with E-state index in [0.717, 1.165) is 30.4 Å². The van der Waals surface area contributed by atoms with Crippen molar-refractivity contribution in [3.8, 4) is 11.1 Å². The lowest BCUT2D eigenvalue weighted by Crippen LogP contribution is -2.52. The number of ketones is 4. The van der Waals surface area contributed by atoms with Gasteiger partial charge in [-0.15, -0.1) is 0 Å². The molecule has 0 aliphatic rings. The van der Waals surface area contributed by atoms with Gasteiger partial charge in [-0.25, -0.2) is 0 Å². The number of carbonyl (C=O) groups is 8. The standard InChI is InChI=1S/C49H73BN4O12/c1-11-12-13-33-14-16-34(17-15-33)35-18-20-36(21-19-35)41(57)27-37(29-65-48(5,6)7)47(62)52-31(3)39(55)22-23-44(60)54-45(32(4)66-49(8,9)10)42(58)26-30(2)46(61)53-38(28-43(51)59)40(56)24-25-50(63)64/h14-21,30-32,37-38,45,63-64H,11-13,22-29H2,1-10H3,(H2,51,59)(H,52,62)(H,53,61)(H,54,60)/t30-,31-,32?,37-,38+,45+/m1/s1. The van der Waals surface area contributed by atoms with Gasteiger partial charge in [-0.2, -0.15) is 0 Å². The minimum atomic E-state index is -1.78. The Balaban J connectivity index is 2.10. The van der Waals surface area contributed by atoms with Crippen LogP contribution in [0.5, 0.6) is 0 Å². The number of benzene rings is 2. The maximum Gasteiger partial charge on any atom is 0.451 e. The Morgan fingerprint density at radius 3 is 1.82 bits per heavy atom. The zero-order valence-electron chi connectivity index (χ0n) is 40.5. The van der Waals surface area contributed by atoms with E-state index in [4.69, 9.17) is 25.3 Å². The molecule has 1 unspecified atom stereocenters. The molecule has 0 aliphatic heterocycles. The number of primary amides is 1. The normalized spacial score (nSPS) is 14.4. The van der Waals surface area contributed by atoms with Crippen LogP contribution in [-0.2, 0) is 49.5 Å². The van der Waals surface area contributed by atoms with E-state index >= 15 is 0 Å². The van der Waals surface area contributed by atoms with Crippen molar-refractivity contribution in [2.24, 2.45) is 17.6 Å². The van der Waals surface area contributed by atoms with E-state index in [9.17, 15) is 38.4 Å². The third kappa shape index (κ3) is 21.5. The highest BCUT2D eigenvalue weighted by Gasteiger charge is 2.34. The van der Waals surface area contributed by atoms with E-state index in [1.165, 1.54) is 19.4 Å². The fraction of sp³-hybridized carbons (Fsp3) is 0.592. The van der Waals surface area contributed by atoms with Crippen LogP contribution in [0.2, 0.25) is 6.32 Å². The number of nitrogens with two attached hydrogens (primary N) is 1. The lowest BCUT2D eigenvalue weighted by molar-refractivity contribution is -0.139. The molecular formula is C49H73BN4O12. The van der Waals surface area contributed by atoms with Crippen LogP contribution in [0.3, 0.4) is 0 Å². The number of ether oxygens (including phenoxy) is 2. The molecule has 0 saturated carbocycles. The number of nitrogens with one attached hydrogen (secondary N) is 3. The number of amides is 4. The molecular weight excluding hydrogens is 847 g/mol.